The third kappa shape index (κ3) is 5.91. The number of benzene rings is 1. The van der Waals surface area contributed by atoms with E-state index >= 15 is 0 Å². The number of carboxylic acid groups (broad SMARTS) is 1. The first-order valence-electron chi connectivity index (χ1n) is 7.96. The molecule has 25 heavy (non-hydrogen) atoms. The van der Waals surface area contributed by atoms with E-state index in [1.54, 1.807) is 33.2 Å². The summed E-state index contributed by atoms with van der Waals surface area (Å²) in [4.78, 5) is 27.3. The van der Waals surface area contributed by atoms with Crippen LogP contribution in [0.25, 0.3) is 11.1 Å². The van der Waals surface area contributed by atoms with Gasteiger partial charge in [-0.2, -0.15) is 0 Å². The van der Waals surface area contributed by atoms with Gasteiger partial charge in [0.1, 0.15) is 11.6 Å². The van der Waals surface area contributed by atoms with Crippen molar-refractivity contribution in [1.29, 1.82) is 0 Å². The maximum absolute atomic E-state index is 11.8. The number of hydrogen-bond donors (Lipinski definition) is 2. The van der Waals surface area contributed by atoms with Gasteiger partial charge >= 0.3 is 12.1 Å². The molecule has 2 rings (SSSR count). The average Bonchev–Trinajstić information content (AvgIpc) is 2.53. The number of aliphatic carboxylic acids is 1. The molecular formula is C19H22N2O4. The zero-order chi connectivity index (χ0) is 18.4. The Morgan fingerprint density at radius 1 is 1.16 bits per heavy atom. The minimum Gasteiger partial charge on any atom is -0.480 e. The molecule has 0 bridgehead atoms. The molecular weight excluding hydrogens is 320 g/mol. The lowest BCUT2D eigenvalue weighted by atomic mass is 10.00. The van der Waals surface area contributed by atoms with Crippen LogP contribution < -0.4 is 5.32 Å². The van der Waals surface area contributed by atoms with Crippen molar-refractivity contribution in [3.8, 4) is 11.1 Å². The highest BCUT2D eigenvalue weighted by molar-refractivity contribution is 5.80. The maximum atomic E-state index is 11.8. The van der Waals surface area contributed by atoms with E-state index in [0.717, 1.165) is 16.7 Å². The third-order valence-electron chi connectivity index (χ3n) is 3.37. The van der Waals surface area contributed by atoms with E-state index in [1.807, 2.05) is 36.4 Å². The summed E-state index contributed by atoms with van der Waals surface area (Å²) in [6.45, 7) is 5.17. The van der Waals surface area contributed by atoms with Gasteiger partial charge in [-0.05, 0) is 49.6 Å². The molecule has 1 atom stereocenters. The fraction of sp³-hybridized carbons (Fsp3) is 0.316. The number of pyridine rings is 1. The number of nitrogens with one attached hydrogen (secondary N) is 1. The van der Waals surface area contributed by atoms with Crippen LogP contribution in [0.2, 0.25) is 0 Å². The Balaban J connectivity index is 2.12. The van der Waals surface area contributed by atoms with Crippen molar-refractivity contribution in [2.45, 2.75) is 38.8 Å². The topological polar surface area (TPSA) is 88.5 Å². The number of alkyl carbamates (subject to hydrolysis) is 1. The van der Waals surface area contributed by atoms with Crippen molar-refractivity contribution in [1.82, 2.24) is 10.3 Å². The van der Waals surface area contributed by atoms with Gasteiger partial charge in [-0.15, -0.1) is 0 Å². The molecule has 1 heterocycles. The molecule has 0 aliphatic carbocycles. The zero-order valence-electron chi connectivity index (χ0n) is 14.5. The standard InChI is InChI=1S/C19H22N2O4/c1-19(2,3)25-18(24)21-16(17(22)23)12-13-5-4-6-15(11-13)14-7-9-20-10-8-14/h4-11,16H,12H2,1-3H3,(H,21,24)(H,22,23). The molecule has 1 unspecified atom stereocenters. The van der Waals surface area contributed by atoms with Gasteiger partial charge in [-0.25, -0.2) is 9.59 Å². The van der Waals surface area contributed by atoms with E-state index in [1.165, 1.54) is 0 Å². The molecule has 2 aromatic rings. The van der Waals surface area contributed by atoms with Gasteiger partial charge in [0.05, 0.1) is 0 Å². The van der Waals surface area contributed by atoms with Crippen molar-refractivity contribution >= 4 is 12.1 Å². The summed E-state index contributed by atoms with van der Waals surface area (Å²) in [5.74, 6) is -1.11. The quantitative estimate of drug-likeness (QED) is 0.870. The minimum atomic E-state index is -1.11. The summed E-state index contributed by atoms with van der Waals surface area (Å²) >= 11 is 0. The Kier molecular flexibility index (Phi) is 5.75. The summed E-state index contributed by atoms with van der Waals surface area (Å²) in [5, 5.41) is 11.8. The second-order valence-electron chi connectivity index (χ2n) is 6.68. The van der Waals surface area contributed by atoms with Gasteiger partial charge in [0.2, 0.25) is 0 Å². The molecule has 0 radical (unpaired) electrons. The fourth-order valence-electron chi connectivity index (χ4n) is 2.31. The van der Waals surface area contributed by atoms with Crippen LogP contribution in [-0.2, 0) is 16.0 Å². The number of carbonyl (C=O) groups excluding carboxylic acids is 1. The van der Waals surface area contributed by atoms with Crippen molar-refractivity contribution in [3.63, 3.8) is 0 Å². The molecule has 0 saturated heterocycles. The predicted octanol–water partition coefficient (Wildman–Crippen LogP) is 3.27. The number of carbonyl (C=O) groups is 2. The van der Waals surface area contributed by atoms with Gasteiger partial charge < -0.3 is 15.2 Å². The van der Waals surface area contributed by atoms with Gasteiger partial charge in [0.15, 0.2) is 0 Å². The van der Waals surface area contributed by atoms with Crippen molar-refractivity contribution in [3.05, 3.63) is 54.4 Å². The lowest BCUT2D eigenvalue weighted by Crippen LogP contribution is -2.44. The van der Waals surface area contributed by atoms with Crippen molar-refractivity contribution in [2.75, 3.05) is 0 Å². The number of ether oxygens (including phenoxy) is 1. The average molecular weight is 342 g/mol. The Labute approximate surface area is 146 Å². The Morgan fingerprint density at radius 2 is 1.84 bits per heavy atom. The Hall–Kier alpha value is -2.89. The van der Waals surface area contributed by atoms with Crippen molar-refractivity contribution < 1.29 is 19.4 Å². The summed E-state index contributed by atoms with van der Waals surface area (Å²) in [5.41, 5.74) is 2.07. The number of amides is 1. The van der Waals surface area contributed by atoms with Crippen LogP contribution in [0.5, 0.6) is 0 Å². The van der Waals surface area contributed by atoms with E-state index in [4.69, 9.17) is 4.74 Å². The monoisotopic (exact) mass is 342 g/mol. The molecule has 0 spiro atoms. The molecule has 2 N–H and O–H groups in total. The molecule has 0 fully saturated rings. The van der Waals surface area contributed by atoms with Gasteiger partial charge in [0.25, 0.3) is 0 Å². The van der Waals surface area contributed by atoms with Crippen LogP contribution in [0.1, 0.15) is 26.3 Å². The third-order valence-corrected chi connectivity index (χ3v) is 3.37. The van der Waals surface area contributed by atoms with Crippen LogP contribution in [0.4, 0.5) is 4.79 Å². The Morgan fingerprint density at radius 3 is 2.44 bits per heavy atom. The lowest BCUT2D eigenvalue weighted by molar-refractivity contribution is -0.139. The van der Waals surface area contributed by atoms with Crippen LogP contribution in [0.3, 0.4) is 0 Å². The molecule has 0 saturated carbocycles. The van der Waals surface area contributed by atoms with Crippen molar-refractivity contribution in [2.24, 2.45) is 0 Å². The molecule has 0 aliphatic heterocycles. The SMILES string of the molecule is CC(C)(C)OC(=O)NC(Cc1cccc(-c2ccncc2)c1)C(=O)O. The summed E-state index contributed by atoms with van der Waals surface area (Å²) < 4.78 is 5.13. The number of hydrogen-bond acceptors (Lipinski definition) is 4. The van der Waals surface area contributed by atoms with Crippen LogP contribution >= 0.6 is 0 Å². The van der Waals surface area contributed by atoms with Gasteiger partial charge in [-0.3, -0.25) is 4.98 Å². The first-order valence-corrected chi connectivity index (χ1v) is 7.96. The van der Waals surface area contributed by atoms with Crippen LogP contribution in [-0.4, -0.2) is 33.8 Å². The molecule has 0 aliphatic rings. The smallest absolute Gasteiger partial charge is 0.408 e. The largest absolute Gasteiger partial charge is 0.480 e. The molecule has 132 valence electrons. The number of rotatable bonds is 5. The van der Waals surface area contributed by atoms with E-state index in [0.29, 0.717) is 0 Å². The minimum absolute atomic E-state index is 0.160. The maximum Gasteiger partial charge on any atom is 0.408 e. The Bertz CT molecular complexity index is 739. The fourth-order valence-corrected chi connectivity index (χ4v) is 2.31. The number of aromatic nitrogens is 1. The van der Waals surface area contributed by atoms with E-state index in [-0.39, 0.29) is 6.42 Å². The second kappa shape index (κ2) is 7.79. The summed E-state index contributed by atoms with van der Waals surface area (Å²) in [6.07, 6.45) is 2.82. The normalized spacial score (nSPS) is 12.3. The second-order valence-corrected chi connectivity index (χ2v) is 6.68. The molecule has 1 amide bonds. The molecule has 6 heteroatoms. The summed E-state index contributed by atoms with van der Waals surface area (Å²) in [7, 11) is 0. The lowest BCUT2D eigenvalue weighted by Gasteiger charge is -2.22. The zero-order valence-corrected chi connectivity index (χ0v) is 14.5. The van der Waals surface area contributed by atoms with E-state index in [2.05, 4.69) is 10.3 Å². The number of nitrogens with zero attached hydrogens (tertiary/aromatic N) is 1. The highest BCUT2D eigenvalue weighted by atomic mass is 16.6. The van der Waals surface area contributed by atoms with E-state index < -0.39 is 23.7 Å². The highest BCUT2D eigenvalue weighted by Gasteiger charge is 2.24. The highest BCUT2D eigenvalue weighted by Crippen LogP contribution is 2.20. The molecule has 1 aromatic carbocycles. The first-order chi connectivity index (χ1) is 11.7. The molecule has 1 aromatic heterocycles. The predicted molar refractivity (Wildman–Crippen MR) is 94.2 cm³/mol. The van der Waals surface area contributed by atoms with Gasteiger partial charge in [0, 0.05) is 18.8 Å². The summed E-state index contributed by atoms with van der Waals surface area (Å²) in [6, 6.07) is 10.2. The number of carboxylic acids is 1. The van der Waals surface area contributed by atoms with Crippen LogP contribution in [0, 0.1) is 0 Å². The van der Waals surface area contributed by atoms with E-state index in [9.17, 15) is 14.7 Å². The molecule has 6 nitrogen and oxygen atoms in total. The van der Waals surface area contributed by atoms with Crippen LogP contribution in [0.15, 0.2) is 48.8 Å². The van der Waals surface area contributed by atoms with Gasteiger partial charge in [-0.1, -0.05) is 24.3 Å². The first kappa shape index (κ1) is 18.4.